The third kappa shape index (κ3) is 6.67. The Balaban J connectivity index is 0.00000250. The van der Waals surface area contributed by atoms with E-state index in [1.54, 1.807) is 22.3 Å². The SMILES string of the molecule is CC1=Cc2c(-c3ccc(C(C)C)cc3)cccc2[CH]1[Zr]([CH3])([CH3])(=[SiH2])[CH]1C(C(C)C)=Cc2c(-c3ccc(C(C)(C)C)cc3)cccc21.Cl.Cl. The maximum atomic E-state index is 2.77. The van der Waals surface area contributed by atoms with E-state index in [0.29, 0.717) is 19.1 Å². The van der Waals surface area contributed by atoms with Crippen molar-refractivity contribution < 1.29 is 17.4 Å². The van der Waals surface area contributed by atoms with Crippen LogP contribution in [0.4, 0.5) is 0 Å². The van der Waals surface area contributed by atoms with Crippen LogP contribution in [0.1, 0.15) is 102 Å². The largest absolute Gasteiger partial charge is 0.147 e. The zero-order chi connectivity index (χ0) is 32.5. The summed E-state index contributed by atoms with van der Waals surface area (Å²) in [6, 6.07) is 32.9. The summed E-state index contributed by atoms with van der Waals surface area (Å²) in [4.78, 5) is 0. The van der Waals surface area contributed by atoms with E-state index < -0.39 is 17.4 Å². The molecular formula is C43H54Cl2SiZr. The summed E-state index contributed by atoms with van der Waals surface area (Å²) in [5, 5.41) is 0. The standard InChI is InChI=1S/C22H25.C19H19.2CH3.2ClH.H2Si.Zr/c1-15(2)18-13-17-7-6-8-20(21(17)14-18)16-9-11-19(12-10-16)22(3,4)5;1-13(2)15-7-9-16(10-8-15)18-6-4-5-17-11-14(3)12-19(17)18;;;;;;/h6-15H,1-5H3;4-13H,1-3H3;2*1H3;2*1H;1H2;. The number of rotatable bonds is 6. The first-order chi connectivity index (χ1) is 21.1. The zero-order valence-corrected chi connectivity index (χ0v) is 35.6. The van der Waals surface area contributed by atoms with Gasteiger partial charge in [-0.2, -0.15) is 0 Å². The molecule has 0 spiro atoms. The van der Waals surface area contributed by atoms with Gasteiger partial charge in [-0.3, -0.25) is 0 Å². The molecule has 47 heavy (non-hydrogen) atoms. The Hall–Kier alpha value is -1.96. The van der Waals surface area contributed by atoms with Gasteiger partial charge >= 0.3 is 277 Å². The van der Waals surface area contributed by atoms with Gasteiger partial charge in [0, 0.05) is 0 Å². The van der Waals surface area contributed by atoms with Crippen LogP contribution in [0.2, 0.25) is 9.26 Å². The fourth-order valence-corrected chi connectivity index (χ4v) is 29.2. The molecule has 2 aliphatic rings. The molecule has 0 aliphatic heterocycles. The molecule has 0 bridgehead atoms. The van der Waals surface area contributed by atoms with Gasteiger partial charge in [0.25, 0.3) is 0 Å². The smallest absolute Gasteiger partial charge is 0.147 e. The Morgan fingerprint density at radius 1 is 0.617 bits per heavy atom. The van der Waals surface area contributed by atoms with Gasteiger partial charge in [-0.05, 0) is 0 Å². The minimum absolute atomic E-state index is 0. The zero-order valence-electron chi connectivity index (χ0n) is 30.1. The molecule has 2 aliphatic carbocycles. The van der Waals surface area contributed by atoms with E-state index in [2.05, 4.69) is 169 Å². The van der Waals surface area contributed by atoms with E-state index in [1.807, 2.05) is 0 Å². The summed E-state index contributed by atoms with van der Waals surface area (Å²) in [6.07, 6.45) is 5.15. The van der Waals surface area contributed by atoms with Crippen LogP contribution in [0.5, 0.6) is 0 Å². The van der Waals surface area contributed by atoms with Crippen molar-refractivity contribution in [2.45, 2.75) is 83.2 Å². The first-order valence-electron chi connectivity index (χ1n) is 17.0. The van der Waals surface area contributed by atoms with Gasteiger partial charge in [-0.1, -0.05) is 0 Å². The molecule has 0 radical (unpaired) electrons. The number of hydrogen-bond donors (Lipinski definition) is 0. The predicted molar refractivity (Wildman–Crippen MR) is 213 cm³/mol. The number of benzene rings is 4. The van der Waals surface area contributed by atoms with E-state index in [4.69, 9.17) is 0 Å². The minimum Gasteiger partial charge on any atom is -0.147 e. The van der Waals surface area contributed by atoms with Crippen molar-refractivity contribution in [3.8, 4) is 22.3 Å². The monoisotopic (exact) mass is 758 g/mol. The Labute approximate surface area is 299 Å². The molecule has 4 aromatic carbocycles. The second-order valence-electron chi connectivity index (χ2n) is 16.7. The number of fused-ring (bicyclic) bond motifs is 2. The minimum atomic E-state index is -3.65. The van der Waals surface area contributed by atoms with E-state index >= 15 is 0 Å². The molecule has 0 fully saturated rings. The summed E-state index contributed by atoms with van der Waals surface area (Å²) in [7, 11) is 0. The van der Waals surface area contributed by atoms with E-state index in [9.17, 15) is 0 Å². The summed E-state index contributed by atoms with van der Waals surface area (Å²) < 4.78 is 6.56. The maximum absolute atomic E-state index is 3.65. The van der Waals surface area contributed by atoms with Crippen LogP contribution < -0.4 is 0 Å². The van der Waals surface area contributed by atoms with Crippen molar-refractivity contribution in [3.05, 3.63) is 129 Å². The Morgan fingerprint density at radius 3 is 1.55 bits per heavy atom. The molecule has 2 atom stereocenters. The molecule has 0 saturated carbocycles. The van der Waals surface area contributed by atoms with Crippen LogP contribution in [0.3, 0.4) is 0 Å². The van der Waals surface area contributed by atoms with Crippen molar-refractivity contribution >= 4 is 43.8 Å². The van der Waals surface area contributed by atoms with Gasteiger partial charge < -0.3 is 0 Å². The van der Waals surface area contributed by atoms with Crippen LogP contribution in [0.15, 0.2) is 96.1 Å². The molecule has 0 aromatic heterocycles. The van der Waals surface area contributed by atoms with Crippen molar-refractivity contribution in [2.24, 2.45) is 5.92 Å². The van der Waals surface area contributed by atoms with Crippen molar-refractivity contribution in [2.75, 3.05) is 0 Å². The number of halogens is 2. The van der Waals surface area contributed by atoms with Crippen LogP contribution in [0.25, 0.3) is 34.4 Å². The normalized spacial score (nSPS) is 17.5. The fraction of sp³-hybridized carbons (Fsp3) is 0.349. The van der Waals surface area contributed by atoms with Gasteiger partial charge in [0.05, 0.1) is 0 Å². The van der Waals surface area contributed by atoms with Crippen molar-refractivity contribution in [1.29, 1.82) is 0 Å². The van der Waals surface area contributed by atoms with Crippen LogP contribution >= 0.6 is 24.8 Å². The van der Waals surface area contributed by atoms with Crippen molar-refractivity contribution in [3.63, 3.8) is 0 Å². The van der Waals surface area contributed by atoms with Crippen LogP contribution in [-0.2, 0) is 22.8 Å². The molecule has 0 N–H and O–H groups in total. The van der Waals surface area contributed by atoms with Crippen LogP contribution in [0, 0.1) is 5.92 Å². The van der Waals surface area contributed by atoms with Gasteiger partial charge in [0.2, 0.25) is 0 Å². The fourth-order valence-electron chi connectivity index (χ4n) is 8.66. The third-order valence-corrected chi connectivity index (χ3v) is 28.5. The summed E-state index contributed by atoms with van der Waals surface area (Å²) in [5.41, 5.74) is 17.6. The Bertz CT molecular complexity index is 1910. The molecule has 6 rings (SSSR count). The maximum Gasteiger partial charge on any atom is -0.147 e. The quantitative estimate of drug-likeness (QED) is 0.172. The molecule has 0 saturated heterocycles. The Kier molecular flexibility index (Phi) is 10.8. The number of hydrogen-bond acceptors (Lipinski definition) is 0. The first kappa shape index (κ1) is 37.9. The average molecular weight is 761 g/mol. The third-order valence-electron chi connectivity index (χ3n) is 10.9. The van der Waals surface area contributed by atoms with Crippen LogP contribution in [-0.4, -0.2) is 6.88 Å². The number of allylic oxidation sites excluding steroid dienone is 2. The molecule has 0 nitrogen and oxygen atoms in total. The topological polar surface area (TPSA) is 0 Å². The predicted octanol–water partition coefficient (Wildman–Crippen LogP) is 12.9. The second kappa shape index (κ2) is 13.4. The van der Waals surface area contributed by atoms with E-state index in [1.165, 1.54) is 44.5 Å². The van der Waals surface area contributed by atoms with Gasteiger partial charge in [0.15, 0.2) is 0 Å². The average Bonchev–Trinajstić information content (AvgIpc) is 3.56. The van der Waals surface area contributed by atoms with Gasteiger partial charge in [-0.15, -0.1) is 24.8 Å². The Morgan fingerprint density at radius 2 is 1.09 bits per heavy atom. The van der Waals surface area contributed by atoms with Crippen molar-refractivity contribution in [1.82, 2.24) is 0 Å². The molecule has 4 heteroatoms. The second-order valence-corrected chi connectivity index (χ2v) is 47.2. The first-order valence-corrected chi connectivity index (χ1v) is 30.7. The molecule has 4 aromatic rings. The molecule has 0 amide bonds. The summed E-state index contributed by atoms with van der Waals surface area (Å²) in [6.45, 7) is 21.1. The van der Waals surface area contributed by atoms with Gasteiger partial charge in [-0.25, -0.2) is 0 Å². The molecule has 2 unspecified atom stereocenters. The molecular weight excluding hydrogens is 707 g/mol. The van der Waals surface area contributed by atoms with E-state index in [0.717, 1.165) is 0 Å². The molecule has 0 heterocycles. The molecule has 248 valence electrons. The summed E-state index contributed by atoms with van der Waals surface area (Å²) >= 11 is -3.65. The van der Waals surface area contributed by atoms with Gasteiger partial charge in [0.1, 0.15) is 0 Å². The summed E-state index contributed by atoms with van der Waals surface area (Å²) in [5.74, 6) is 1.05. The van der Waals surface area contributed by atoms with E-state index in [-0.39, 0.29) is 30.2 Å².